The van der Waals surface area contributed by atoms with Gasteiger partial charge in [0.2, 0.25) is 11.7 Å². The molecule has 1 heterocycles. The van der Waals surface area contributed by atoms with Gasteiger partial charge in [-0.25, -0.2) is 0 Å². The first kappa shape index (κ1) is 22.3. The summed E-state index contributed by atoms with van der Waals surface area (Å²) in [5.74, 6) is 1.52. The van der Waals surface area contributed by atoms with Crippen LogP contribution in [0.15, 0.2) is 12.1 Å². The van der Waals surface area contributed by atoms with E-state index in [1.807, 2.05) is 7.05 Å². The highest BCUT2D eigenvalue weighted by atomic mass is 35.5. The number of likely N-dealkylation sites (tertiary alicyclic amines) is 1. The Morgan fingerprint density at radius 1 is 1.19 bits per heavy atom. The van der Waals surface area contributed by atoms with Gasteiger partial charge in [-0.3, -0.25) is 4.79 Å². The van der Waals surface area contributed by atoms with Crippen LogP contribution in [0.5, 0.6) is 17.2 Å². The highest BCUT2D eigenvalue weighted by Gasteiger charge is 2.19. The normalized spacial score (nSPS) is 17.2. The minimum atomic E-state index is -0.0270. The van der Waals surface area contributed by atoms with E-state index in [0.29, 0.717) is 35.4 Å². The lowest BCUT2D eigenvalue weighted by Gasteiger charge is -2.32. The summed E-state index contributed by atoms with van der Waals surface area (Å²) in [6.07, 6.45) is 2.82. The number of carbonyl (C=O) groups is 1. The number of halogens is 1. The van der Waals surface area contributed by atoms with Crippen molar-refractivity contribution in [3.63, 3.8) is 0 Å². The number of ether oxygens (including phenoxy) is 3. The number of piperidine rings is 1. The van der Waals surface area contributed by atoms with Crippen molar-refractivity contribution >= 4 is 24.0 Å². The maximum absolute atomic E-state index is 12.3. The Kier molecular flexibility index (Phi) is 9.54. The summed E-state index contributed by atoms with van der Waals surface area (Å²) in [7, 11) is 6.65. The van der Waals surface area contributed by atoms with Crippen molar-refractivity contribution in [3.05, 3.63) is 12.1 Å². The van der Waals surface area contributed by atoms with Gasteiger partial charge in [0.05, 0.1) is 21.3 Å². The van der Waals surface area contributed by atoms with Crippen LogP contribution in [0.25, 0.3) is 0 Å². The van der Waals surface area contributed by atoms with Crippen molar-refractivity contribution < 1.29 is 19.0 Å². The largest absolute Gasteiger partial charge is 0.493 e. The Bertz CT molecular complexity index is 561. The summed E-state index contributed by atoms with van der Waals surface area (Å²) in [6.45, 7) is 2.80. The first-order chi connectivity index (χ1) is 12.1. The third-order valence-corrected chi connectivity index (χ3v) is 4.52. The minimum absolute atomic E-state index is 0. The number of carbonyl (C=O) groups excluding carboxylic acids is 1. The lowest BCUT2D eigenvalue weighted by molar-refractivity contribution is -0.116. The van der Waals surface area contributed by atoms with Crippen LogP contribution in [0.2, 0.25) is 0 Å². The average Bonchev–Trinajstić information content (AvgIpc) is 2.65. The number of rotatable bonds is 8. The zero-order valence-corrected chi connectivity index (χ0v) is 16.8. The van der Waals surface area contributed by atoms with Gasteiger partial charge in [0.15, 0.2) is 11.5 Å². The van der Waals surface area contributed by atoms with E-state index in [-0.39, 0.29) is 18.3 Å². The van der Waals surface area contributed by atoms with Gasteiger partial charge in [-0.15, -0.1) is 12.4 Å². The molecule has 1 fully saturated rings. The smallest absolute Gasteiger partial charge is 0.225 e. The second kappa shape index (κ2) is 11.1. The van der Waals surface area contributed by atoms with Crippen LogP contribution < -0.4 is 24.8 Å². The van der Waals surface area contributed by atoms with Crippen molar-refractivity contribution in [2.24, 2.45) is 0 Å². The first-order valence-electron chi connectivity index (χ1n) is 8.60. The fourth-order valence-electron chi connectivity index (χ4n) is 3.13. The van der Waals surface area contributed by atoms with Gasteiger partial charge in [-0.1, -0.05) is 0 Å². The predicted molar refractivity (Wildman–Crippen MR) is 105 cm³/mol. The zero-order valence-electron chi connectivity index (χ0n) is 16.0. The molecule has 1 amide bonds. The number of likely N-dealkylation sites (N-methyl/N-ethyl adjacent to an activating group) is 1. The Labute approximate surface area is 161 Å². The fraction of sp³-hybridized carbons (Fsp3) is 0.611. The molecule has 0 aliphatic carbocycles. The monoisotopic (exact) mass is 387 g/mol. The molecule has 1 aliphatic heterocycles. The summed E-state index contributed by atoms with van der Waals surface area (Å²) in [4.78, 5) is 14.6. The molecule has 2 rings (SSSR count). The van der Waals surface area contributed by atoms with Gasteiger partial charge in [0.1, 0.15) is 0 Å². The van der Waals surface area contributed by atoms with Gasteiger partial charge in [-0.2, -0.15) is 0 Å². The number of anilines is 1. The lowest BCUT2D eigenvalue weighted by atomic mass is 10.1. The van der Waals surface area contributed by atoms with E-state index in [1.165, 1.54) is 12.8 Å². The summed E-state index contributed by atoms with van der Waals surface area (Å²) in [5.41, 5.74) is 0.631. The number of nitrogens with one attached hydrogen (secondary N) is 2. The molecule has 0 saturated carbocycles. The molecule has 1 saturated heterocycles. The number of hydrogen-bond donors (Lipinski definition) is 2. The van der Waals surface area contributed by atoms with E-state index >= 15 is 0 Å². The van der Waals surface area contributed by atoms with Gasteiger partial charge in [0, 0.05) is 43.4 Å². The second-order valence-electron chi connectivity index (χ2n) is 6.14. The Morgan fingerprint density at radius 3 is 2.38 bits per heavy atom. The zero-order chi connectivity index (χ0) is 18.2. The molecule has 0 spiro atoms. The number of hydrogen-bond acceptors (Lipinski definition) is 6. The molecule has 1 aromatic rings. The maximum Gasteiger partial charge on any atom is 0.225 e. The summed E-state index contributed by atoms with van der Waals surface area (Å²) >= 11 is 0. The maximum atomic E-state index is 12.3. The van der Waals surface area contributed by atoms with Crippen LogP contribution in [-0.4, -0.2) is 64.9 Å². The standard InChI is InChI=1S/C18H29N3O4.ClH/c1-19-13-6-5-8-21(12-13)9-7-17(22)20-14-10-15(23-2)18(25-4)16(11-14)24-3;/h10-11,13,19H,5-9,12H2,1-4H3,(H,20,22);1H. The summed E-state index contributed by atoms with van der Waals surface area (Å²) in [6, 6.07) is 3.99. The molecule has 8 heteroatoms. The van der Waals surface area contributed by atoms with E-state index in [4.69, 9.17) is 14.2 Å². The van der Waals surface area contributed by atoms with Crippen molar-refractivity contribution in [1.82, 2.24) is 10.2 Å². The van der Waals surface area contributed by atoms with Gasteiger partial charge < -0.3 is 29.7 Å². The lowest BCUT2D eigenvalue weighted by Crippen LogP contribution is -2.45. The van der Waals surface area contributed by atoms with Gasteiger partial charge in [-0.05, 0) is 26.4 Å². The first-order valence-corrected chi connectivity index (χ1v) is 8.60. The molecule has 0 aromatic heterocycles. The van der Waals surface area contributed by atoms with Crippen molar-refractivity contribution in [3.8, 4) is 17.2 Å². The van der Waals surface area contributed by atoms with E-state index in [1.54, 1.807) is 33.5 Å². The van der Waals surface area contributed by atoms with Crippen molar-refractivity contribution in [1.29, 1.82) is 0 Å². The highest BCUT2D eigenvalue weighted by Crippen LogP contribution is 2.39. The predicted octanol–water partition coefficient (Wildman–Crippen LogP) is 2.15. The van der Waals surface area contributed by atoms with Gasteiger partial charge in [0.25, 0.3) is 0 Å². The van der Waals surface area contributed by atoms with Crippen molar-refractivity contribution in [2.75, 3.05) is 53.3 Å². The Morgan fingerprint density at radius 2 is 1.85 bits per heavy atom. The minimum Gasteiger partial charge on any atom is -0.493 e. The quantitative estimate of drug-likeness (QED) is 0.712. The molecule has 26 heavy (non-hydrogen) atoms. The van der Waals surface area contributed by atoms with Crippen LogP contribution >= 0.6 is 12.4 Å². The number of benzene rings is 1. The molecular weight excluding hydrogens is 358 g/mol. The molecular formula is C18H30ClN3O4. The Balaban J connectivity index is 0.00000338. The Hall–Kier alpha value is -1.70. The van der Waals surface area contributed by atoms with Crippen LogP contribution in [0.3, 0.4) is 0 Å². The third-order valence-electron chi connectivity index (χ3n) is 4.52. The molecule has 0 bridgehead atoms. The second-order valence-corrected chi connectivity index (χ2v) is 6.14. The van der Waals surface area contributed by atoms with E-state index < -0.39 is 0 Å². The van der Waals surface area contributed by atoms with E-state index in [9.17, 15) is 4.79 Å². The molecule has 2 N–H and O–H groups in total. The summed E-state index contributed by atoms with van der Waals surface area (Å²) in [5, 5.41) is 6.23. The van der Waals surface area contributed by atoms with Crippen molar-refractivity contribution in [2.45, 2.75) is 25.3 Å². The van der Waals surface area contributed by atoms with E-state index in [2.05, 4.69) is 15.5 Å². The molecule has 148 valence electrons. The molecule has 1 aromatic carbocycles. The molecule has 1 unspecified atom stereocenters. The fourth-order valence-corrected chi connectivity index (χ4v) is 3.13. The van der Waals surface area contributed by atoms with E-state index in [0.717, 1.165) is 19.6 Å². The molecule has 1 aliphatic rings. The summed E-state index contributed by atoms with van der Waals surface area (Å²) < 4.78 is 15.9. The number of nitrogens with zero attached hydrogens (tertiary/aromatic N) is 1. The van der Waals surface area contributed by atoms with Crippen LogP contribution in [0, 0.1) is 0 Å². The molecule has 1 atom stereocenters. The third kappa shape index (κ3) is 5.93. The number of amides is 1. The number of methoxy groups -OCH3 is 3. The highest BCUT2D eigenvalue weighted by molar-refractivity contribution is 5.91. The van der Waals surface area contributed by atoms with Gasteiger partial charge >= 0.3 is 0 Å². The average molecular weight is 388 g/mol. The van der Waals surface area contributed by atoms with Crippen LogP contribution in [0.1, 0.15) is 19.3 Å². The van der Waals surface area contributed by atoms with Crippen LogP contribution in [-0.2, 0) is 4.79 Å². The molecule has 0 radical (unpaired) electrons. The topological polar surface area (TPSA) is 72.1 Å². The van der Waals surface area contributed by atoms with Crippen LogP contribution in [0.4, 0.5) is 5.69 Å². The molecule has 7 nitrogen and oxygen atoms in total. The SMILES string of the molecule is CNC1CCCN(CCC(=O)Nc2cc(OC)c(OC)c(OC)c2)C1.Cl.